The Hall–Kier alpha value is -3.10. The molecular formula is C19H26N2O7. The van der Waals surface area contributed by atoms with E-state index in [0.717, 1.165) is 6.07 Å². The van der Waals surface area contributed by atoms with Crippen LogP contribution in [-0.2, 0) is 9.47 Å². The number of carbonyl (C=O) groups excluding carboxylic acids is 2. The van der Waals surface area contributed by atoms with Crippen LogP contribution in [0.15, 0.2) is 24.8 Å². The molecule has 0 heterocycles. The number of ether oxygens (including phenoxy) is 3. The number of hydrogen-bond acceptors (Lipinski definition) is 7. The van der Waals surface area contributed by atoms with Gasteiger partial charge >= 0.3 is 12.1 Å². The van der Waals surface area contributed by atoms with E-state index in [-0.39, 0.29) is 29.2 Å². The lowest BCUT2D eigenvalue weighted by atomic mass is 10.1. The lowest BCUT2D eigenvalue weighted by Crippen LogP contribution is -2.42. The Kier molecular flexibility index (Phi) is 7.97. The summed E-state index contributed by atoms with van der Waals surface area (Å²) in [5, 5.41) is 13.9. The van der Waals surface area contributed by atoms with E-state index < -0.39 is 28.6 Å². The van der Waals surface area contributed by atoms with Gasteiger partial charge in [0.2, 0.25) is 0 Å². The summed E-state index contributed by atoms with van der Waals surface area (Å²) < 4.78 is 15.5. The molecule has 1 atom stereocenters. The standard InChI is InChI=1S/C19H26N2O7/c1-7-8-14(20-18(23)28-19(3,4)5)11-27-16-10-13(17(22)26-6)9-15(12(16)2)21(24)25/h7,9-10,14H,1,8,11H2,2-6H3,(H,20,23)/t14-/m0/s1. The summed E-state index contributed by atoms with van der Waals surface area (Å²) in [4.78, 5) is 34.4. The molecule has 9 nitrogen and oxygen atoms in total. The second kappa shape index (κ2) is 9.72. The van der Waals surface area contributed by atoms with Crippen molar-refractivity contribution < 1.29 is 28.7 Å². The van der Waals surface area contributed by atoms with Crippen LogP contribution in [0.1, 0.15) is 43.1 Å². The van der Waals surface area contributed by atoms with Crippen molar-refractivity contribution in [1.29, 1.82) is 0 Å². The van der Waals surface area contributed by atoms with Gasteiger partial charge in [0.15, 0.2) is 0 Å². The topological polar surface area (TPSA) is 117 Å². The number of nitrogens with zero attached hydrogens (tertiary/aromatic N) is 1. The van der Waals surface area contributed by atoms with Crippen molar-refractivity contribution in [2.75, 3.05) is 13.7 Å². The van der Waals surface area contributed by atoms with Crippen molar-refractivity contribution in [1.82, 2.24) is 5.32 Å². The van der Waals surface area contributed by atoms with Gasteiger partial charge in [-0.1, -0.05) is 6.08 Å². The van der Waals surface area contributed by atoms with Crippen molar-refractivity contribution in [3.8, 4) is 5.75 Å². The molecule has 0 aliphatic carbocycles. The fourth-order valence-electron chi connectivity index (χ4n) is 2.28. The number of hydrogen-bond donors (Lipinski definition) is 1. The molecule has 0 saturated heterocycles. The largest absolute Gasteiger partial charge is 0.491 e. The van der Waals surface area contributed by atoms with Crippen LogP contribution in [-0.4, -0.2) is 42.3 Å². The molecule has 0 saturated carbocycles. The average Bonchev–Trinajstić information content (AvgIpc) is 2.58. The number of nitro groups is 1. The first-order valence-electron chi connectivity index (χ1n) is 8.59. The highest BCUT2D eigenvalue weighted by Crippen LogP contribution is 2.30. The summed E-state index contributed by atoms with van der Waals surface area (Å²) in [5.74, 6) is -0.572. The van der Waals surface area contributed by atoms with Crippen molar-refractivity contribution in [3.05, 3.63) is 46.0 Å². The molecule has 9 heteroatoms. The number of amides is 1. The number of alkyl carbamates (subject to hydrolysis) is 1. The van der Waals surface area contributed by atoms with Gasteiger partial charge in [0, 0.05) is 6.07 Å². The van der Waals surface area contributed by atoms with Crippen LogP contribution >= 0.6 is 0 Å². The average molecular weight is 394 g/mol. The second-order valence-corrected chi connectivity index (χ2v) is 7.05. The molecule has 0 aromatic heterocycles. The molecule has 0 unspecified atom stereocenters. The first kappa shape index (κ1) is 22.9. The predicted octanol–water partition coefficient (Wildman–Crippen LogP) is 3.54. The molecule has 0 radical (unpaired) electrons. The van der Waals surface area contributed by atoms with Crippen molar-refractivity contribution in [2.45, 2.75) is 45.8 Å². The van der Waals surface area contributed by atoms with E-state index in [0.29, 0.717) is 6.42 Å². The number of methoxy groups -OCH3 is 1. The van der Waals surface area contributed by atoms with Crippen LogP contribution in [0.5, 0.6) is 5.75 Å². The molecule has 0 bridgehead atoms. The Balaban J connectivity index is 3.01. The normalized spacial score (nSPS) is 11.9. The molecule has 0 fully saturated rings. The fraction of sp³-hybridized carbons (Fsp3) is 0.474. The molecule has 0 aliphatic rings. The van der Waals surface area contributed by atoms with Crippen LogP contribution in [0.3, 0.4) is 0 Å². The van der Waals surface area contributed by atoms with Crippen molar-refractivity contribution >= 4 is 17.7 Å². The number of carbonyl (C=O) groups is 2. The third-order valence-corrected chi connectivity index (χ3v) is 3.56. The zero-order chi connectivity index (χ0) is 21.5. The highest BCUT2D eigenvalue weighted by atomic mass is 16.6. The third-order valence-electron chi connectivity index (χ3n) is 3.56. The quantitative estimate of drug-likeness (QED) is 0.310. The van der Waals surface area contributed by atoms with Crippen LogP contribution in [0, 0.1) is 17.0 Å². The maximum atomic E-state index is 12.0. The number of esters is 1. The predicted molar refractivity (Wildman–Crippen MR) is 103 cm³/mol. The van der Waals surface area contributed by atoms with E-state index in [1.165, 1.54) is 20.1 Å². The lowest BCUT2D eigenvalue weighted by molar-refractivity contribution is -0.385. The van der Waals surface area contributed by atoms with Gasteiger partial charge in [-0.3, -0.25) is 10.1 Å². The Bertz CT molecular complexity index is 753. The third kappa shape index (κ3) is 6.90. The monoisotopic (exact) mass is 394 g/mol. The zero-order valence-electron chi connectivity index (χ0n) is 16.7. The van der Waals surface area contributed by atoms with Gasteiger partial charge in [0.25, 0.3) is 5.69 Å². The van der Waals surface area contributed by atoms with E-state index in [1.54, 1.807) is 26.8 Å². The maximum Gasteiger partial charge on any atom is 0.408 e. The number of nitrogens with one attached hydrogen (secondary N) is 1. The van der Waals surface area contributed by atoms with Crippen molar-refractivity contribution in [3.63, 3.8) is 0 Å². The molecule has 154 valence electrons. The van der Waals surface area contributed by atoms with E-state index >= 15 is 0 Å². The molecule has 1 N–H and O–H groups in total. The van der Waals surface area contributed by atoms with Gasteiger partial charge in [0.1, 0.15) is 18.0 Å². The first-order chi connectivity index (χ1) is 13.0. The van der Waals surface area contributed by atoms with Gasteiger partial charge in [-0.15, -0.1) is 6.58 Å². The minimum Gasteiger partial charge on any atom is -0.491 e. The second-order valence-electron chi connectivity index (χ2n) is 7.05. The maximum absolute atomic E-state index is 12.0. The summed E-state index contributed by atoms with van der Waals surface area (Å²) in [5.41, 5.74) is -0.670. The Morgan fingerprint density at radius 2 is 2.00 bits per heavy atom. The Morgan fingerprint density at radius 1 is 1.36 bits per heavy atom. The van der Waals surface area contributed by atoms with Gasteiger partial charge in [-0.05, 0) is 40.2 Å². The smallest absolute Gasteiger partial charge is 0.408 e. The highest BCUT2D eigenvalue weighted by molar-refractivity contribution is 5.91. The fourth-order valence-corrected chi connectivity index (χ4v) is 2.28. The van der Waals surface area contributed by atoms with Gasteiger partial charge in [0.05, 0.1) is 29.2 Å². The minimum absolute atomic E-state index is 0.00447. The minimum atomic E-state index is -0.720. The molecule has 28 heavy (non-hydrogen) atoms. The number of rotatable bonds is 8. The lowest BCUT2D eigenvalue weighted by Gasteiger charge is -2.23. The first-order valence-corrected chi connectivity index (χ1v) is 8.59. The Labute approximate surface area is 163 Å². The van der Waals surface area contributed by atoms with Crippen molar-refractivity contribution in [2.24, 2.45) is 0 Å². The van der Waals surface area contributed by atoms with Crippen LogP contribution in [0.4, 0.5) is 10.5 Å². The molecule has 1 amide bonds. The van der Waals surface area contributed by atoms with Crippen LogP contribution < -0.4 is 10.1 Å². The molecule has 1 aromatic carbocycles. The molecule has 0 spiro atoms. The van der Waals surface area contributed by atoms with Gasteiger partial charge in [-0.25, -0.2) is 9.59 Å². The van der Waals surface area contributed by atoms with Crippen LogP contribution in [0.25, 0.3) is 0 Å². The summed E-state index contributed by atoms with van der Waals surface area (Å²) >= 11 is 0. The summed E-state index contributed by atoms with van der Waals surface area (Å²) in [7, 11) is 1.18. The molecule has 0 aliphatic heterocycles. The highest BCUT2D eigenvalue weighted by Gasteiger charge is 2.23. The zero-order valence-corrected chi connectivity index (χ0v) is 16.7. The molecule has 1 aromatic rings. The van der Waals surface area contributed by atoms with Crippen LogP contribution in [0.2, 0.25) is 0 Å². The summed E-state index contributed by atoms with van der Waals surface area (Å²) in [6.07, 6.45) is 1.37. The SMILES string of the molecule is C=CC[C@@H](COc1cc(C(=O)OC)cc([N+](=O)[O-])c1C)NC(=O)OC(C)(C)C. The molecular weight excluding hydrogens is 368 g/mol. The summed E-state index contributed by atoms with van der Waals surface area (Å²) in [6, 6.07) is 2.02. The van der Waals surface area contributed by atoms with E-state index in [4.69, 9.17) is 9.47 Å². The van der Waals surface area contributed by atoms with Gasteiger partial charge in [-0.2, -0.15) is 0 Å². The molecule has 1 rings (SSSR count). The van der Waals surface area contributed by atoms with E-state index in [1.807, 2.05) is 0 Å². The summed E-state index contributed by atoms with van der Waals surface area (Å²) in [6.45, 7) is 10.4. The van der Waals surface area contributed by atoms with E-state index in [2.05, 4.69) is 16.6 Å². The van der Waals surface area contributed by atoms with E-state index in [9.17, 15) is 19.7 Å². The van der Waals surface area contributed by atoms with Gasteiger partial charge < -0.3 is 19.5 Å². The number of nitro benzene ring substituents is 1. The number of benzene rings is 1. The Morgan fingerprint density at radius 3 is 2.50 bits per heavy atom.